The third kappa shape index (κ3) is 3.43. The largest absolute Gasteiger partial charge is 0.370 e. The SMILES string of the molecule is CCCC1CCC(S(=O)(=O)C=[N+]=[N-])CC1. The Kier molecular flexibility index (Phi) is 4.48. The van der Waals surface area contributed by atoms with Crippen LogP contribution in [0.2, 0.25) is 0 Å². The van der Waals surface area contributed by atoms with Crippen molar-refractivity contribution in [3.63, 3.8) is 0 Å². The molecule has 0 radical (unpaired) electrons. The second kappa shape index (κ2) is 5.42. The van der Waals surface area contributed by atoms with Gasteiger partial charge in [-0.05, 0) is 31.6 Å². The van der Waals surface area contributed by atoms with Gasteiger partial charge in [0.25, 0.3) is 0 Å². The quantitative estimate of drug-likeness (QED) is 0.321. The zero-order valence-corrected chi connectivity index (χ0v) is 9.91. The Balaban J connectivity index is 2.54. The highest BCUT2D eigenvalue weighted by Gasteiger charge is 2.31. The van der Waals surface area contributed by atoms with E-state index in [1.165, 1.54) is 12.8 Å². The maximum Gasteiger partial charge on any atom is 0.370 e. The zero-order valence-electron chi connectivity index (χ0n) is 9.09. The van der Waals surface area contributed by atoms with Crippen molar-refractivity contribution in [2.24, 2.45) is 5.92 Å². The Hall–Kier alpha value is -0.670. The summed E-state index contributed by atoms with van der Waals surface area (Å²) in [5.74, 6) is 0.688. The Bertz CT molecular complexity index is 336. The van der Waals surface area contributed by atoms with Gasteiger partial charge in [0.15, 0.2) is 0 Å². The van der Waals surface area contributed by atoms with Gasteiger partial charge in [-0.15, -0.1) is 0 Å². The monoisotopic (exact) mass is 230 g/mol. The molecular weight excluding hydrogens is 212 g/mol. The van der Waals surface area contributed by atoms with Crippen molar-refractivity contribution in [1.82, 2.24) is 0 Å². The minimum Gasteiger partial charge on any atom is -0.361 e. The van der Waals surface area contributed by atoms with Gasteiger partial charge < -0.3 is 5.53 Å². The van der Waals surface area contributed by atoms with Gasteiger partial charge in [0.2, 0.25) is 9.84 Å². The summed E-state index contributed by atoms with van der Waals surface area (Å²) in [6.07, 6.45) is 5.74. The first kappa shape index (κ1) is 12.4. The Morgan fingerprint density at radius 3 is 2.40 bits per heavy atom. The van der Waals surface area contributed by atoms with Crippen LogP contribution in [0.4, 0.5) is 0 Å². The summed E-state index contributed by atoms with van der Waals surface area (Å²) >= 11 is 0. The number of hydrogen-bond acceptors (Lipinski definition) is 2. The van der Waals surface area contributed by atoms with Gasteiger partial charge in [0.05, 0.1) is 5.25 Å². The molecule has 0 N–H and O–H groups in total. The van der Waals surface area contributed by atoms with Crippen molar-refractivity contribution in [2.75, 3.05) is 0 Å². The van der Waals surface area contributed by atoms with Crippen LogP contribution in [0, 0.1) is 5.92 Å². The molecule has 0 aromatic heterocycles. The molecule has 0 aliphatic heterocycles. The summed E-state index contributed by atoms with van der Waals surface area (Å²) in [7, 11) is -3.31. The number of rotatable bonds is 4. The number of nitrogens with zero attached hydrogens (tertiary/aromatic N) is 2. The number of hydrogen-bond donors (Lipinski definition) is 0. The van der Waals surface area contributed by atoms with Gasteiger partial charge in [0.1, 0.15) is 0 Å². The molecule has 0 heterocycles. The minimum absolute atomic E-state index is 0.332. The summed E-state index contributed by atoms with van der Waals surface area (Å²) in [6.45, 7) is 2.15. The topological polar surface area (TPSA) is 70.5 Å². The minimum atomic E-state index is -3.31. The molecule has 0 aromatic rings. The third-order valence-corrected chi connectivity index (χ3v) is 4.94. The predicted molar refractivity (Wildman–Crippen MR) is 59.3 cm³/mol. The van der Waals surface area contributed by atoms with Gasteiger partial charge in [-0.1, -0.05) is 19.8 Å². The molecule has 1 saturated carbocycles. The van der Waals surface area contributed by atoms with Crippen molar-refractivity contribution in [1.29, 1.82) is 0 Å². The second-order valence-electron chi connectivity index (χ2n) is 4.24. The molecule has 5 heteroatoms. The van der Waals surface area contributed by atoms with E-state index in [1.807, 2.05) is 0 Å². The summed E-state index contributed by atoms with van der Waals surface area (Å²) in [4.78, 5) is 2.62. The standard InChI is InChI=1S/C10H18N2O2S/c1-2-3-9-4-6-10(7-5-9)15(13,14)8-12-11/h8-10H,2-7H2,1H3. The van der Waals surface area contributed by atoms with E-state index in [0.717, 1.165) is 12.8 Å². The number of sulfone groups is 1. The van der Waals surface area contributed by atoms with E-state index >= 15 is 0 Å². The summed E-state index contributed by atoms with van der Waals surface area (Å²) in [5, 5.41) is -0.332. The van der Waals surface area contributed by atoms with E-state index in [2.05, 4.69) is 11.7 Å². The molecule has 1 fully saturated rings. The zero-order chi connectivity index (χ0) is 11.3. The lowest BCUT2D eigenvalue weighted by molar-refractivity contribution is 0.00742. The first-order valence-corrected chi connectivity index (χ1v) is 7.12. The lowest BCUT2D eigenvalue weighted by atomic mass is 9.86. The average molecular weight is 230 g/mol. The average Bonchev–Trinajstić information content (AvgIpc) is 2.19. The van der Waals surface area contributed by atoms with Gasteiger partial charge in [-0.2, -0.15) is 4.79 Å². The fraction of sp³-hybridized carbons (Fsp3) is 0.900. The van der Waals surface area contributed by atoms with Crippen LogP contribution in [0.25, 0.3) is 5.53 Å². The van der Waals surface area contributed by atoms with Crippen LogP contribution in [-0.4, -0.2) is 24.0 Å². The van der Waals surface area contributed by atoms with Crippen LogP contribution in [0.3, 0.4) is 0 Å². The van der Waals surface area contributed by atoms with Crippen molar-refractivity contribution in [2.45, 2.75) is 50.7 Å². The van der Waals surface area contributed by atoms with E-state index in [1.54, 1.807) is 0 Å². The van der Waals surface area contributed by atoms with Gasteiger partial charge in [0, 0.05) is 0 Å². The van der Waals surface area contributed by atoms with E-state index in [0.29, 0.717) is 24.3 Å². The second-order valence-corrected chi connectivity index (χ2v) is 6.30. The maximum atomic E-state index is 11.5. The van der Waals surface area contributed by atoms with Crippen LogP contribution >= 0.6 is 0 Å². The van der Waals surface area contributed by atoms with E-state index in [-0.39, 0.29) is 5.25 Å². The molecule has 0 aromatic carbocycles. The highest BCUT2D eigenvalue weighted by molar-refractivity contribution is 8.04. The lowest BCUT2D eigenvalue weighted by Gasteiger charge is -2.25. The Morgan fingerprint density at radius 2 is 1.93 bits per heavy atom. The van der Waals surface area contributed by atoms with E-state index in [9.17, 15) is 8.42 Å². The van der Waals surface area contributed by atoms with Gasteiger partial charge >= 0.3 is 5.55 Å². The predicted octanol–water partition coefficient (Wildman–Crippen LogP) is 2.02. The molecule has 86 valence electrons. The van der Waals surface area contributed by atoms with Crippen LogP contribution in [-0.2, 0) is 9.84 Å². The molecule has 1 aliphatic rings. The molecule has 1 aliphatic carbocycles. The summed E-state index contributed by atoms with van der Waals surface area (Å²) < 4.78 is 23.1. The van der Waals surface area contributed by atoms with Crippen molar-refractivity contribution >= 4 is 15.4 Å². The third-order valence-electron chi connectivity index (χ3n) is 3.15. The van der Waals surface area contributed by atoms with Crippen LogP contribution in [0.5, 0.6) is 0 Å². The normalized spacial score (nSPS) is 27.0. The van der Waals surface area contributed by atoms with Gasteiger partial charge in [-0.25, -0.2) is 8.42 Å². The molecule has 4 nitrogen and oxygen atoms in total. The smallest absolute Gasteiger partial charge is 0.361 e. The first-order chi connectivity index (χ1) is 7.10. The molecule has 0 unspecified atom stereocenters. The van der Waals surface area contributed by atoms with Crippen LogP contribution in [0.1, 0.15) is 45.4 Å². The Labute approximate surface area is 91.2 Å². The highest BCUT2D eigenvalue weighted by atomic mass is 32.2. The summed E-state index contributed by atoms with van der Waals surface area (Å²) in [6, 6.07) is 0. The lowest BCUT2D eigenvalue weighted by Crippen LogP contribution is -2.27. The molecular formula is C10H18N2O2S. The first-order valence-electron chi connectivity index (χ1n) is 5.51. The van der Waals surface area contributed by atoms with Crippen LogP contribution < -0.4 is 0 Å². The fourth-order valence-corrected chi connectivity index (χ4v) is 3.54. The molecule has 1 rings (SSSR count). The van der Waals surface area contributed by atoms with E-state index in [4.69, 9.17) is 5.53 Å². The molecule has 0 saturated heterocycles. The summed E-state index contributed by atoms with van der Waals surface area (Å²) in [5.41, 5.74) is 8.94. The highest BCUT2D eigenvalue weighted by Crippen LogP contribution is 2.30. The molecule has 15 heavy (non-hydrogen) atoms. The van der Waals surface area contributed by atoms with Crippen molar-refractivity contribution in [3.8, 4) is 0 Å². The maximum absolute atomic E-state index is 11.5. The van der Waals surface area contributed by atoms with Gasteiger partial charge in [-0.3, -0.25) is 0 Å². The molecule has 0 atom stereocenters. The fourth-order valence-electron chi connectivity index (χ4n) is 2.31. The Morgan fingerprint density at radius 1 is 1.33 bits per heavy atom. The van der Waals surface area contributed by atoms with Crippen LogP contribution in [0.15, 0.2) is 0 Å². The van der Waals surface area contributed by atoms with E-state index < -0.39 is 9.84 Å². The molecule has 0 amide bonds. The molecule has 0 spiro atoms. The molecule has 0 bridgehead atoms. The van der Waals surface area contributed by atoms with Crippen molar-refractivity contribution < 1.29 is 13.2 Å². The van der Waals surface area contributed by atoms with Crippen molar-refractivity contribution in [3.05, 3.63) is 5.53 Å².